The number of halogens is 6. The predicted molar refractivity (Wildman–Crippen MR) is 62.3 cm³/mol. The molecule has 0 spiro atoms. The first kappa shape index (κ1) is 17.1. The predicted octanol–water partition coefficient (Wildman–Crippen LogP) is 3.79. The molecule has 1 aromatic rings. The van der Waals surface area contributed by atoms with E-state index >= 15 is 0 Å². The van der Waals surface area contributed by atoms with E-state index in [1.807, 2.05) is 0 Å². The summed E-state index contributed by atoms with van der Waals surface area (Å²) in [6.07, 6.45) is -9.55. The summed E-state index contributed by atoms with van der Waals surface area (Å²) in [5.41, 5.74) is -2.82. The van der Waals surface area contributed by atoms with E-state index in [0.717, 1.165) is 6.07 Å². The van der Waals surface area contributed by atoms with Gasteiger partial charge in [-0.2, -0.15) is 26.3 Å². The maximum absolute atomic E-state index is 12.8. The third kappa shape index (κ3) is 4.54. The van der Waals surface area contributed by atoms with Crippen LogP contribution in [0, 0.1) is 0 Å². The van der Waals surface area contributed by atoms with Gasteiger partial charge in [0.05, 0.1) is 11.1 Å². The molecule has 0 aliphatic rings. The van der Waals surface area contributed by atoms with Gasteiger partial charge < -0.3 is 10.0 Å². The highest BCUT2D eigenvalue weighted by molar-refractivity contribution is 5.90. The Morgan fingerprint density at radius 2 is 1.76 bits per heavy atom. The minimum absolute atomic E-state index is 0.177. The number of rotatable bonds is 4. The Balaban J connectivity index is 3.30. The first-order chi connectivity index (χ1) is 9.45. The molecule has 1 aromatic carbocycles. The number of alkyl halides is 6. The van der Waals surface area contributed by atoms with E-state index in [4.69, 9.17) is 5.11 Å². The van der Waals surface area contributed by atoms with Crippen LogP contribution in [-0.2, 0) is 6.18 Å². The minimum atomic E-state index is -4.97. The fraction of sp³-hybridized carbons (Fsp3) is 0.417. The summed E-state index contributed by atoms with van der Waals surface area (Å²) in [5, 5.41) is 8.71. The van der Waals surface area contributed by atoms with Gasteiger partial charge in [0.1, 0.15) is 6.54 Å². The SMILES string of the molecule is CCN(CC(F)(F)F)c1ccc(C(=O)O)c(C(F)(F)F)c1. The second-order valence-corrected chi connectivity index (χ2v) is 4.16. The summed E-state index contributed by atoms with van der Waals surface area (Å²) in [7, 11) is 0. The van der Waals surface area contributed by atoms with Gasteiger partial charge in [-0.05, 0) is 25.1 Å². The summed E-state index contributed by atoms with van der Waals surface area (Å²) < 4.78 is 75.5. The van der Waals surface area contributed by atoms with Gasteiger partial charge in [0.25, 0.3) is 0 Å². The Kier molecular flexibility index (Phi) is 4.75. The van der Waals surface area contributed by atoms with Crippen LogP contribution in [0.15, 0.2) is 18.2 Å². The highest BCUT2D eigenvalue weighted by Gasteiger charge is 2.37. The molecule has 0 saturated carbocycles. The summed E-state index contributed by atoms with van der Waals surface area (Å²) in [6, 6.07) is 1.99. The van der Waals surface area contributed by atoms with E-state index in [1.54, 1.807) is 0 Å². The van der Waals surface area contributed by atoms with Gasteiger partial charge in [0, 0.05) is 12.2 Å². The molecule has 0 bridgehead atoms. The van der Waals surface area contributed by atoms with Gasteiger partial charge in [-0.25, -0.2) is 4.79 Å². The Morgan fingerprint density at radius 1 is 1.19 bits per heavy atom. The maximum Gasteiger partial charge on any atom is 0.417 e. The number of carboxylic acids is 1. The first-order valence-corrected chi connectivity index (χ1v) is 5.72. The van der Waals surface area contributed by atoms with E-state index in [9.17, 15) is 31.1 Å². The van der Waals surface area contributed by atoms with Crippen molar-refractivity contribution < 1.29 is 36.2 Å². The second-order valence-electron chi connectivity index (χ2n) is 4.16. The van der Waals surface area contributed by atoms with Crippen molar-refractivity contribution in [2.24, 2.45) is 0 Å². The molecule has 118 valence electrons. The fourth-order valence-corrected chi connectivity index (χ4v) is 1.75. The maximum atomic E-state index is 12.8. The molecule has 1 N–H and O–H groups in total. The van der Waals surface area contributed by atoms with Gasteiger partial charge in [-0.3, -0.25) is 0 Å². The molecule has 0 atom stereocenters. The molecule has 9 heteroatoms. The molecule has 0 fully saturated rings. The van der Waals surface area contributed by atoms with Gasteiger partial charge >= 0.3 is 18.3 Å². The quantitative estimate of drug-likeness (QED) is 0.859. The summed E-state index contributed by atoms with van der Waals surface area (Å²) in [6.45, 7) is -0.249. The smallest absolute Gasteiger partial charge is 0.417 e. The van der Waals surface area contributed by atoms with Crippen LogP contribution in [-0.4, -0.2) is 30.3 Å². The average Bonchev–Trinajstić information content (AvgIpc) is 2.33. The summed E-state index contributed by atoms with van der Waals surface area (Å²) >= 11 is 0. The summed E-state index contributed by atoms with van der Waals surface area (Å²) in [4.78, 5) is 11.4. The normalized spacial score (nSPS) is 12.3. The van der Waals surface area contributed by atoms with Gasteiger partial charge in [0.2, 0.25) is 0 Å². The third-order valence-electron chi connectivity index (χ3n) is 2.66. The third-order valence-corrected chi connectivity index (χ3v) is 2.66. The topological polar surface area (TPSA) is 40.5 Å². The Bertz CT molecular complexity index is 523. The molecule has 0 aromatic heterocycles. The monoisotopic (exact) mass is 315 g/mol. The van der Waals surface area contributed by atoms with Crippen molar-refractivity contribution in [3.8, 4) is 0 Å². The standard InChI is InChI=1S/C12H11F6NO2/c1-2-19(6-11(13,14)15)7-3-4-8(10(20)21)9(5-7)12(16,17)18/h3-5H,2,6H2,1H3,(H,20,21). The van der Waals surface area contributed by atoms with Crippen LogP contribution in [0.4, 0.5) is 32.0 Å². The lowest BCUT2D eigenvalue weighted by Crippen LogP contribution is -2.34. The zero-order valence-electron chi connectivity index (χ0n) is 10.7. The molecular formula is C12H11F6NO2. The Hall–Kier alpha value is -1.93. The molecular weight excluding hydrogens is 304 g/mol. The number of benzene rings is 1. The van der Waals surface area contributed by atoms with Crippen molar-refractivity contribution >= 4 is 11.7 Å². The number of carboxylic acid groups (broad SMARTS) is 1. The van der Waals surface area contributed by atoms with Crippen LogP contribution >= 0.6 is 0 Å². The number of aromatic carboxylic acids is 1. The zero-order chi connectivity index (χ0) is 16.4. The number of hydrogen-bond donors (Lipinski definition) is 1. The van der Waals surface area contributed by atoms with Crippen LogP contribution in [0.2, 0.25) is 0 Å². The molecule has 0 unspecified atom stereocenters. The zero-order valence-corrected chi connectivity index (χ0v) is 10.7. The molecule has 0 aliphatic heterocycles. The van der Waals surface area contributed by atoms with Crippen LogP contribution in [0.25, 0.3) is 0 Å². The molecule has 0 saturated heterocycles. The van der Waals surface area contributed by atoms with Crippen LogP contribution in [0.3, 0.4) is 0 Å². The van der Waals surface area contributed by atoms with E-state index in [2.05, 4.69) is 0 Å². The Morgan fingerprint density at radius 3 is 2.14 bits per heavy atom. The van der Waals surface area contributed by atoms with Crippen LogP contribution < -0.4 is 4.90 Å². The fourth-order valence-electron chi connectivity index (χ4n) is 1.75. The van der Waals surface area contributed by atoms with Crippen LogP contribution in [0.5, 0.6) is 0 Å². The number of nitrogens with zero attached hydrogens (tertiary/aromatic N) is 1. The lowest BCUT2D eigenvalue weighted by molar-refractivity contribution is -0.138. The second kappa shape index (κ2) is 5.82. The van der Waals surface area contributed by atoms with E-state index < -0.39 is 36.0 Å². The van der Waals surface area contributed by atoms with Crippen molar-refractivity contribution in [1.82, 2.24) is 0 Å². The summed E-state index contributed by atoms with van der Waals surface area (Å²) in [5.74, 6) is -1.80. The number of carbonyl (C=O) groups is 1. The lowest BCUT2D eigenvalue weighted by atomic mass is 10.1. The van der Waals surface area contributed by atoms with Crippen molar-refractivity contribution in [2.75, 3.05) is 18.0 Å². The van der Waals surface area contributed by atoms with Gasteiger partial charge in [-0.1, -0.05) is 0 Å². The first-order valence-electron chi connectivity index (χ1n) is 5.72. The number of hydrogen-bond acceptors (Lipinski definition) is 2. The van der Waals surface area contributed by atoms with E-state index in [0.29, 0.717) is 17.0 Å². The Labute approximate surface area is 115 Å². The minimum Gasteiger partial charge on any atom is -0.478 e. The molecule has 1 rings (SSSR count). The molecule has 0 heterocycles. The average molecular weight is 315 g/mol. The van der Waals surface area contributed by atoms with Crippen molar-refractivity contribution in [1.29, 1.82) is 0 Å². The molecule has 0 radical (unpaired) electrons. The van der Waals surface area contributed by atoms with Gasteiger partial charge in [0.15, 0.2) is 0 Å². The van der Waals surface area contributed by atoms with Crippen molar-refractivity contribution in [3.05, 3.63) is 29.3 Å². The highest BCUT2D eigenvalue weighted by atomic mass is 19.4. The van der Waals surface area contributed by atoms with Crippen molar-refractivity contribution in [2.45, 2.75) is 19.3 Å². The molecule has 21 heavy (non-hydrogen) atoms. The highest BCUT2D eigenvalue weighted by Crippen LogP contribution is 2.35. The lowest BCUT2D eigenvalue weighted by Gasteiger charge is -2.25. The number of anilines is 1. The van der Waals surface area contributed by atoms with Crippen molar-refractivity contribution in [3.63, 3.8) is 0 Å². The molecule has 3 nitrogen and oxygen atoms in total. The van der Waals surface area contributed by atoms with Gasteiger partial charge in [-0.15, -0.1) is 0 Å². The molecule has 0 aliphatic carbocycles. The van der Waals surface area contributed by atoms with Crippen LogP contribution in [0.1, 0.15) is 22.8 Å². The van der Waals surface area contributed by atoms with E-state index in [-0.39, 0.29) is 12.2 Å². The largest absolute Gasteiger partial charge is 0.478 e. The van der Waals surface area contributed by atoms with E-state index in [1.165, 1.54) is 6.92 Å². The molecule has 0 amide bonds.